The topological polar surface area (TPSA) is 41.1 Å². The molecule has 2 aromatic carbocycles. The summed E-state index contributed by atoms with van der Waals surface area (Å²) in [5.41, 5.74) is 2.68. The number of benzene rings is 2. The Kier molecular flexibility index (Phi) is 3.66. The number of hydrogen-bond donors (Lipinski definition) is 2. The molecular weight excluding hydrogens is 274 g/mol. The Hall–Kier alpha value is -2.27. The molecule has 2 aromatic rings. The van der Waals surface area contributed by atoms with Crippen LogP contribution in [0.2, 0.25) is 0 Å². The number of hydrogen-bond acceptors (Lipinski definition) is 2. The number of carbonyl (C=O) groups excluding carboxylic acids is 1. The molecule has 108 valence electrons. The zero-order valence-corrected chi connectivity index (χ0v) is 11.2. The first-order chi connectivity index (χ1) is 10.1. The minimum atomic E-state index is -0.865. The standard InChI is InChI=1S/C16H14F2N2O/c17-11-4-5-12(14(18)8-11)16(21)20-15-3-1-2-10-6-7-19-9-13(10)15/h1-5,8,19H,6-7,9H2,(H,20,21). The quantitative estimate of drug-likeness (QED) is 0.892. The maximum atomic E-state index is 13.6. The van der Waals surface area contributed by atoms with Gasteiger partial charge in [-0.3, -0.25) is 4.79 Å². The molecule has 1 aliphatic heterocycles. The van der Waals surface area contributed by atoms with Crippen LogP contribution in [0.15, 0.2) is 36.4 Å². The molecule has 1 aliphatic rings. The fourth-order valence-electron chi connectivity index (χ4n) is 2.49. The molecule has 5 heteroatoms. The first-order valence-corrected chi connectivity index (χ1v) is 6.73. The minimum absolute atomic E-state index is 0.169. The third kappa shape index (κ3) is 2.78. The molecule has 21 heavy (non-hydrogen) atoms. The molecule has 3 nitrogen and oxygen atoms in total. The van der Waals surface area contributed by atoms with Gasteiger partial charge in [-0.05, 0) is 42.3 Å². The van der Waals surface area contributed by atoms with Crippen LogP contribution >= 0.6 is 0 Å². The van der Waals surface area contributed by atoms with E-state index < -0.39 is 17.5 Å². The highest BCUT2D eigenvalue weighted by molar-refractivity contribution is 6.04. The maximum Gasteiger partial charge on any atom is 0.258 e. The molecule has 2 N–H and O–H groups in total. The third-order valence-corrected chi connectivity index (χ3v) is 3.57. The normalized spacial score (nSPS) is 13.6. The van der Waals surface area contributed by atoms with Crippen molar-refractivity contribution >= 4 is 11.6 Å². The predicted molar refractivity (Wildman–Crippen MR) is 76.2 cm³/mol. The van der Waals surface area contributed by atoms with Crippen LogP contribution in [0.25, 0.3) is 0 Å². The molecule has 0 bridgehead atoms. The van der Waals surface area contributed by atoms with Crippen LogP contribution in [0.4, 0.5) is 14.5 Å². The van der Waals surface area contributed by atoms with Gasteiger partial charge in [0.25, 0.3) is 5.91 Å². The summed E-state index contributed by atoms with van der Waals surface area (Å²) in [5, 5.41) is 5.94. The smallest absolute Gasteiger partial charge is 0.258 e. The van der Waals surface area contributed by atoms with Crippen molar-refractivity contribution < 1.29 is 13.6 Å². The van der Waals surface area contributed by atoms with E-state index in [0.717, 1.165) is 30.7 Å². The fourth-order valence-corrected chi connectivity index (χ4v) is 2.49. The Labute approximate surface area is 121 Å². The number of amides is 1. The van der Waals surface area contributed by atoms with E-state index in [-0.39, 0.29) is 5.56 Å². The molecule has 0 aromatic heterocycles. The summed E-state index contributed by atoms with van der Waals surface area (Å²) in [6.07, 6.45) is 0.893. The van der Waals surface area contributed by atoms with Gasteiger partial charge in [0, 0.05) is 18.3 Å². The second kappa shape index (κ2) is 5.61. The van der Waals surface area contributed by atoms with Crippen molar-refractivity contribution in [2.24, 2.45) is 0 Å². The molecule has 0 spiro atoms. The third-order valence-electron chi connectivity index (χ3n) is 3.57. The second-order valence-electron chi connectivity index (χ2n) is 4.95. The first-order valence-electron chi connectivity index (χ1n) is 6.73. The number of nitrogens with one attached hydrogen (secondary N) is 2. The summed E-state index contributed by atoms with van der Waals surface area (Å²) < 4.78 is 26.5. The highest BCUT2D eigenvalue weighted by Crippen LogP contribution is 2.23. The van der Waals surface area contributed by atoms with Crippen molar-refractivity contribution in [3.05, 3.63) is 64.7 Å². The van der Waals surface area contributed by atoms with Crippen molar-refractivity contribution in [3.63, 3.8) is 0 Å². The van der Waals surface area contributed by atoms with Crippen LogP contribution in [-0.2, 0) is 13.0 Å². The Morgan fingerprint density at radius 1 is 1.19 bits per heavy atom. The Morgan fingerprint density at radius 3 is 2.86 bits per heavy atom. The van der Waals surface area contributed by atoms with E-state index in [0.29, 0.717) is 18.3 Å². The lowest BCUT2D eigenvalue weighted by Gasteiger charge is -2.20. The van der Waals surface area contributed by atoms with E-state index in [1.54, 1.807) is 6.07 Å². The van der Waals surface area contributed by atoms with Gasteiger partial charge in [0.05, 0.1) is 5.56 Å². The monoisotopic (exact) mass is 288 g/mol. The number of fused-ring (bicyclic) bond motifs is 1. The molecule has 0 aliphatic carbocycles. The van der Waals surface area contributed by atoms with E-state index in [2.05, 4.69) is 10.6 Å². The molecule has 0 saturated carbocycles. The molecule has 1 heterocycles. The lowest BCUT2D eigenvalue weighted by atomic mass is 9.99. The van der Waals surface area contributed by atoms with Gasteiger partial charge in [-0.1, -0.05) is 12.1 Å². The van der Waals surface area contributed by atoms with Crippen molar-refractivity contribution in [3.8, 4) is 0 Å². The van der Waals surface area contributed by atoms with E-state index in [1.807, 2.05) is 12.1 Å². The SMILES string of the molecule is O=C(Nc1cccc2c1CNCC2)c1ccc(F)cc1F. The van der Waals surface area contributed by atoms with Crippen LogP contribution < -0.4 is 10.6 Å². The Bertz CT molecular complexity index is 701. The molecule has 3 rings (SSSR count). The summed E-state index contributed by atoms with van der Waals surface area (Å²) in [5.74, 6) is -2.15. The predicted octanol–water partition coefficient (Wildman–Crippen LogP) is 2.86. The summed E-state index contributed by atoms with van der Waals surface area (Å²) in [4.78, 5) is 12.1. The van der Waals surface area contributed by atoms with Crippen molar-refractivity contribution in [2.75, 3.05) is 11.9 Å². The van der Waals surface area contributed by atoms with E-state index in [1.165, 1.54) is 5.56 Å². The number of rotatable bonds is 2. The van der Waals surface area contributed by atoms with Gasteiger partial charge >= 0.3 is 0 Å². The number of carbonyl (C=O) groups is 1. The molecule has 1 amide bonds. The van der Waals surface area contributed by atoms with Gasteiger partial charge in [0.15, 0.2) is 0 Å². The molecular formula is C16H14F2N2O. The van der Waals surface area contributed by atoms with Crippen molar-refractivity contribution in [2.45, 2.75) is 13.0 Å². The highest BCUT2D eigenvalue weighted by Gasteiger charge is 2.17. The van der Waals surface area contributed by atoms with E-state index >= 15 is 0 Å². The number of anilines is 1. The van der Waals surface area contributed by atoms with Gasteiger partial charge < -0.3 is 10.6 Å². The molecule has 0 atom stereocenters. The summed E-state index contributed by atoms with van der Waals surface area (Å²) >= 11 is 0. The zero-order valence-electron chi connectivity index (χ0n) is 11.2. The number of halogens is 2. The lowest BCUT2D eigenvalue weighted by molar-refractivity contribution is 0.102. The van der Waals surface area contributed by atoms with Gasteiger partial charge in [-0.25, -0.2) is 8.78 Å². The summed E-state index contributed by atoms with van der Waals surface area (Å²) in [7, 11) is 0. The second-order valence-corrected chi connectivity index (χ2v) is 4.95. The largest absolute Gasteiger partial charge is 0.322 e. The minimum Gasteiger partial charge on any atom is -0.322 e. The molecule has 0 radical (unpaired) electrons. The van der Waals surface area contributed by atoms with Crippen molar-refractivity contribution in [1.29, 1.82) is 0 Å². The first kappa shape index (κ1) is 13.7. The average Bonchev–Trinajstić information content (AvgIpc) is 2.47. The van der Waals surface area contributed by atoms with E-state index in [9.17, 15) is 13.6 Å². The lowest BCUT2D eigenvalue weighted by Crippen LogP contribution is -2.25. The van der Waals surface area contributed by atoms with Crippen LogP contribution in [0.3, 0.4) is 0 Å². The summed E-state index contributed by atoms with van der Waals surface area (Å²) in [6, 6.07) is 8.58. The van der Waals surface area contributed by atoms with Crippen LogP contribution in [0.1, 0.15) is 21.5 Å². The Balaban J connectivity index is 1.88. The van der Waals surface area contributed by atoms with Crippen molar-refractivity contribution in [1.82, 2.24) is 5.32 Å². The maximum absolute atomic E-state index is 13.6. The van der Waals surface area contributed by atoms with Crippen LogP contribution in [0, 0.1) is 11.6 Å². The van der Waals surface area contributed by atoms with E-state index in [4.69, 9.17) is 0 Å². The van der Waals surface area contributed by atoms with Crippen LogP contribution in [-0.4, -0.2) is 12.5 Å². The zero-order chi connectivity index (χ0) is 14.8. The van der Waals surface area contributed by atoms with Gasteiger partial charge in [-0.15, -0.1) is 0 Å². The van der Waals surface area contributed by atoms with Gasteiger partial charge in [0.2, 0.25) is 0 Å². The summed E-state index contributed by atoms with van der Waals surface area (Å²) in [6.45, 7) is 1.56. The van der Waals surface area contributed by atoms with Gasteiger partial charge in [0.1, 0.15) is 11.6 Å². The molecule has 0 unspecified atom stereocenters. The Morgan fingerprint density at radius 2 is 2.05 bits per heavy atom. The van der Waals surface area contributed by atoms with Crippen LogP contribution in [0.5, 0.6) is 0 Å². The van der Waals surface area contributed by atoms with Gasteiger partial charge in [-0.2, -0.15) is 0 Å². The fraction of sp³-hybridized carbons (Fsp3) is 0.188. The molecule has 0 fully saturated rings. The highest BCUT2D eigenvalue weighted by atomic mass is 19.1. The molecule has 0 saturated heterocycles. The average molecular weight is 288 g/mol.